The van der Waals surface area contributed by atoms with Crippen molar-refractivity contribution >= 4 is 11.8 Å². The Hall–Kier alpha value is -1.92. The van der Waals surface area contributed by atoms with Gasteiger partial charge in [0.1, 0.15) is 17.6 Å². The van der Waals surface area contributed by atoms with Crippen LogP contribution in [0.15, 0.2) is 24.3 Å². The largest absolute Gasteiger partial charge is 0.482 e. The lowest BCUT2D eigenvalue weighted by atomic mass is 9.43. The highest BCUT2D eigenvalue weighted by Gasteiger charge is 2.68. The first-order chi connectivity index (χ1) is 16.5. The van der Waals surface area contributed by atoms with Crippen LogP contribution in [-0.2, 0) is 20.9 Å². The standard InChI is InChI=1S/C29H43NO5/c1-6-27(4)15-23(35-24(32)17-34-21-9-7-8-20(14-21)16-30)28(5)18(2)10-12-29(19(3)26(27)33)13-11-22(31)25(28)29/h7-9,14,18-19,23,25-26,33H,6,10-13,15-17,30H2,1-5H3/t18?,19-,23+,25?,26-,27+,28-,29?/m0/s1. The van der Waals surface area contributed by atoms with Gasteiger partial charge in [-0.1, -0.05) is 46.8 Å². The summed E-state index contributed by atoms with van der Waals surface area (Å²) in [4.78, 5) is 26.6. The third-order valence-corrected chi connectivity index (χ3v) is 10.5. The Balaban J connectivity index is 1.66. The molecule has 8 atom stereocenters. The zero-order chi connectivity index (χ0) is 25.6. The number of aliphatic hydroxyl groups excluding tert-OH is 1. The van der Waals surface area contributed by atoms with E-state index in [2.05, 4.69) is 34.6 Å². The molecule has 2 bridgehead atoms. The number of carbonyl (C=O) groups is 2. The van der Waals surface area contributed by atoms with Gasteiger partial charge < -0.3 is 20.3 Å². The van der Waals surface area contributed by atoms with Crippen molar-refractivity contribution in [2.45, 2.75) is 91.9 Å². The number of hydrogen-bond donors (Lipinski definition) is 2. The first kappa shape index (κ1) is 26.2. The van der Waals surface area contributed by atoms with Gasteiger partial charge in [0.05, 0.1) is 6.10 Å². The van der Waals surface area contributed by atoms with Crippen LogP contribution >= 0.6 is 0 Å². The molecule has 6 nitrogen and oxygen atoms in total. The molecule has 4 rings (SSSR count). The van der Waals surface area contributed by atoms with E-state index < -0.39 is 29.0 Å². The van der Waals surface area contributed by atoms with Crippen LogP contribution in [-0.4, -0.2) is 35.7 Å². The maximum absolute atomic E-state index is 13.5. The lowest BCUT2D eigenvalue weighted by Gasteiger charge is -2.62. The van der Waals surface area contributed by atoms with Gasteiger partial charge in [0.2, 0.25) is 0 Å². The van der Waals surface area contributed by atoms with Gasteiger partial charge in [-0.25, -0.2) is 4.79 Å². The maximum atomic E-state index is 13.5. The van der Waals surface area contributed by atoms with Crippen molar-refractivity contribution in [3.8, 4) is 5.75 Å². The zero-order valence-electron chi connectivity index (χ0n) is 22.0. The van der Waals surface area contributed by atoms with Crippen LogP contribution in [0.2, 0.25) is 0 Å². The average molecular weight is 486 g/mol. The van der Waals surface area contributed by atoms with Crippen LogP contribution in [0.5, 0.6) is 5.75 Å². The fraction of sp³-hybridized carbons (Fsp3) is 0.724. The molecule has 3 aliphatic carbocycles. The SMILES string of the molecule is CC[C@]1(C)C[C@@H](OC(=O)COc2cccc(CN)c2)[C@]2(C)C(C)CCC3(CCC(=O)C32)[C@@H](C)[C@@H]1O. The van der Waals surface area contributed by atoms with E-state index in [9.17, 15) is 14.7 Å². The van der Waals surface area contributed by atoms with Crippen LogP contribution in [0.1, 0.15) is 78.7 Å². The van der Waals surface area contributed by atoms with Crippen LogP contribution in [0.3, 0.4) is 0 Å². The van der Waals surface area contributed by atoms with Gasteiger partial charge >= 0.3 is 5.97 Å². The predicted molar refractivity (Wildman–Crippen MR) is 135 cm³/mol. The van der Waals surface area contributed by atoms with Gasteiger partial charge in [-0.05, 0) is 72.5 Å². The number of nitrogens with two attached hydrogens (primary N) is 1. The van der Waals surface area contributed by atoms with Crippen LogP contribution < -0.4 is 10.5 Å². The fourth-order valence-electron chi connectivity index (χ4n) is 7.80. The second-order valence-corrected chi connectivity index (χ2v) is 12.0. The Morgan fingerprint density at radius 3 is 2.66 bits per heavy atom. The number of ether oxygens (including phenoxy) is 2. The Bertz CT molecular complexity index is 964. The van der Waals surface area contributed by atoms with Crippen LogP contribution in [0.4, 0.5) is 0 Å². The normalized spacial score (nSPS) is 41.0. The molecular formula is C29H43NO5. The van der Waals surface area contributed by atoms with Crippen LogP contribution in [0.25, 0.3) is 0 Å². The summed E-state index contributed by atoms with van der Waals surface area (Å²) in [6, 6.07) is 7.38. The number of esters is 1. The molecule has 194 valence electrons. The summed E-state index contributed by atoms with van der Waals surface area (Å²) in [5, 5.41) is 11.7. The molecule has 0 aromatic heterocycles. The lowest BCUT2D eigenvalue weighted by Crippen LogP contribution is -2.63. The van der Waals surface area contributed by atoms with Crippen molar-refractivity contribution in [1.29, 1.82) is 0 Å². The third kappa shape index (κ3) is 4.21. The molecule has 3 N–H and O–H groups in total. The molecular weight excluding hydrogens is 442 g/mol. The van der Waals surface area contributed by atoms with Gasteiger partial charge in [0.25, 0.3) is 0 Å². The van der Waals surface area contributed by atoms with Crippen molar-refractivity contribution in [3.63, 3.8) is 0 Å². The number of aliphatic hydroxyl groups is 1. The first-order valence-corrected chi connectivity index (χ1v) is 13.3. The van der Waals surface area contributed by atoms with E-state index in [0.717, 1.165) is 31.2 Å². The minimum absolute atomic E-state index is 0.0190. The molecule has 6 heteroatoms. The summed E-state index contributed by atoms with van der Waals surface area (Å²) in [6.07, 6.45) is 3.55. The van der Waals surface area contributed by atoms with Gasteiger partial charge in [0.15, 0.2) is 6.61 Å². The molecule has 3 aliphatic rings. The molecule has 1 aromatic carbocycles. The van der Waals surface area contributed by atoms with E-state index in [-0.39, 0.29) is 35.6 Å². The summed E-state index contributed by atoms with van der Waals surface area (Å²) in [5.74, 6) is 0.452. The van der Waals surface area contributed by atoms with E-state index in [1.165, 1.54) is 0 Å². The molecule has 0 heterocycles. The van der Waals surface area contributed by atoms with E-state index in [4.69, 9.17) is 15.2 Å². The molecule has 1 aromatic rings. The molecule has 0 saturated heterocycles. The monoisotopic (exact) mass is 485 g/mol. The minimum atomic E-state index is -0.560. The third-order valence-electron chi connectivity index (χ3n) is 10.5. The van der Waals surface area contributed by atoms with Gasteiger partial charge in [0, 0.05) is 24.3 Å². The number of rotatable bonds is 6. The Labute approximate surface area is 209 Å². The van der Waals surface area contributed by atoms with E-state index in [1.807, 2.05) is 18.2 Å². The second kappa shape index (κ2) is 9.51. The predicted octanol–water partition coefficient (Wildman–Crippen LogP) is 4.65. The smallest absolute Gasteiger partial charge is 0.344 e. The summed E-state index contributed by atoms with van der Waals surface area (Å²) in [5.41, 5.74) is 5.51. The first-order valence-electron chi connectivity index (χ1n) is 13.3. The van der Waals surface area contributed by atoms with E-state index in [0.29, 0.717) is 25.1 Å². The Kier molecular flexibility index (Phi) is 7.11. The Morgan fingerprint density at radius 1 is 1.23 bits per heavy atom. The Morgan fingerprint density at radius 2 is 1.97 bits per heavy atom. The van der Waals surface area contributed by atoms with Gasteiger partial charge in [-0.15, -0.1) is 0 Å². The second-order valence-electron chi connectivity index (χ2n) is 12.0. The van der Waals surface area contributed by atoms with Gasteiger partial charge in [-0.3, -0.25) is 4.79 Å². The number of benzene rings is 1. The van der Waals surface area contributed by atoms with Crippen molar-refractivity contribution in [2.75, 3.05) is 6.61 Å². The number of Topliss-reactive ketones (excluding diaryl/α,β-unsaturated/α-hetero) is 1. The van der Waals surface area contributed by atoms with Crippen LogP contribution in [0, 0.1) is 34.0 Å². The topological polar surface area (TPSA) is 98.9 Å². The zero-order valence-corrected chi connectivity index (χ0v) is 22.0. The highest BCUT2D eigenvalue weighted by Crippen LogP contribution is 2.68. The molecule has 0 amide bonds. The number of hydrogen-bond acceptors (Lipinski definition) is 6. The van der Waals surface area contributed by atoms with Gasteiger partial charge in [-0.2, -0.15) is 0 Å². The summed E-state index contributed by atoms with van der Waals surface area (Å²) >= 11 is 0. The van der Waals surface area contributed by atoms with Crippen molar-refractivity contribution in [3.05, 3.63) is 29.8 Å². The molecule has 3 unspecified atom stereocenters. The average Bonchev–Trinajstić information content (AvgIpc) is 3.21. The maximum Gasteiger partial charge on any atom is 0.344 e. The molecule has 35 heavy (non-hydrogen) atoms. The van der Waals surface area contributed by atoms with E-state index >= 15 is 0 Å². The molecule has 0 spiro atoms. The fourth-order valence-corrected chi connectivity index (χ4v) is 7.80. The molecule has 0 radical (unpaired) electrons. The molecule has 3 fully saturated rings. The number of carbonyl (C=O) groups excluding carboxylic acids is 2. The van der Waals surface area contributed by atoms with E-state index in [1.54, 1.807) is 6.07 Å². The quantitative estimate of drug-likeness (QED) is 0.569. The van der Waals surface area contributed by atoms with Crippen molar-refractivity contribution in [2.24, 2.45) is 39.7 Å². The minimum Gasteiger partial charge on any atom is -0.482 e. The van der Waals surface area contributed by atoms with Crippen molar-refractivity contribution < 1.29 is 24.2 Å². The summed E-state index contributed by atoms with van der Waals surface area (Å²) < 4.78 is 12.0. The highest BCUT2D eigenvalue weighted by molar-refractivity contribution is 5.85. The summed E-state index contributed by atoms with van der Waals surface area (Å²) in [6.45, 7) is 10.9. The summed E-state index contributed by atoms with van der Waals surface area (Å²) in [7, 11) is 0. The van der Waals surface area contributed by atoms with Crippen molar-refractivity contribution in [1.82, 2.24) is 0 Å². The molecule has 0 aliphatic heterocycles. The lowest BCUT2D eigenvalue weighted by molar-refractivity contribution is -0.213. The highest BCUT2D eigenvalue weighted by atomic mass is 16.6. The molecule has 3 saturated carbocycles. The number of ketones is 1.